The van der Waals surface area contributed by atoms with E-state index in [4.69, 9.17) is 15.2 Å². The second-order valence-electron chi connectivity index (χ2n) is 4.27. The van der Waals surface area contributed by atoms with Crippen molar-refractivity contribution < 1.29 is 14.3 Å². The summed E-state index contributed by atoms with van der Waals surface area (Å²) in [4.78, 5) is 15.8. The smallest absolute Gasteiger partial charge is 0.283 e. The van der Waals surface area contributed by atoms with Crippen LogP contribution in [0.5, 0.6) is 0 Å². The van der Waals surface area contributed by atoms with Crippen molar-refractivity contribution in [3.8, 4) is 0 Å². The minimum atomic E-state index is -0.567. The maximum Gasteiger partial charge on any atom is 0.283 e. The van der Waals surface area contributed by atoms with Gasteiger partial charge in [-0.15, -0.1) is 0 Å². The van der Waals surface area contributed by atoms with Gasteiger partial charge in [0, 0.05) is 0 Å². The third-order valence-corrected chi connectivity index (χ3v) is 3.18. The zero-order valence-corrected chi connectivity index (χ0v) is 9.13. The quantitative estimate of drug-likeness (QED) is 0.847. The number of rotatable bonds is 3. The Balaban J connectivity index is 1.92. The first-order chi connectivity index (χ1) is 8.22. The summed E-state index contributed by atoms with van der Waals surface area (Å²) in [6.45, 7) is 0. The van der Waals surface area contributed by atoms with Gasteiger partial charge in [-0.3, -0.25) is 4.79 Å². The Bertz CT molecular complexity index is 486. The molecule has 2 N–H and O–H groups in total. The van der Waals surface area contributed by atoms with Crippen molar-refractivity contribution in [3.63, 3.8) is 0 Å². The van der Waals surface area contributed by atoms with Crippen LogP contribution in [0.4, 0.5) is 0 Å². The Morgan fingerprint density at radius 3 is 2.65 bits per heavy atom. The summed E-state index contributed by atoms with van der Waals surface area (Å²) in [5.41, 5.74) is 6.21. The van der Waals surface area contributed by atoms with E-state index in [9.17, 15) is 4.79 Å². The van der Waals surface area contributed by atoms with Crippen LogP contribution in [0.3, 0.4) is 0 Å². The predicted molar refractivity (Wildman–Crippen MR) is 58.4 cm³/mol. The molecule has 3 rings (SSSR count). The Labute approximate surface area is 98.2 Å². The lowest BCUT2D eigenvalue weighted by molar-refractivity contribution is -0.120. The Hall–Kier alpha value is -2.04. The van der Waals surface area contributed by atoms with Crippen molar-refractivity contribution in [1.82, 2.24) is 4.98 Å². The lowest BCUT2D eigenvalue weighted by Gasteiger charge is -2.14. The average molecular weight is 232 g/mol. The fourth-order valence-electron chi connectivity index (χ4n) is 1.98. The van der Waals surface area contributed by atoms with Crippen molar-refractivity contribution in [3.05, 3.63) is 42.1 Å². The third-order valence-electron chi connectivity index (χ3n) is 3.18. The highest BCUT2D eigenvalue weighted by molar-refractivity contribution is 5.89. The Morgan fingerprint density at radius 1 is 1.35 bits per heavy atom. The summed E-state index contributed by atoms with van der Waals surface area (Å²) < 4.78 is 10.4. The first-order valence-corrected chi connectivity index (χ1v) is 5.46. The van der Waals surface area contributed by atoms with Gasteiger partial charge in [0.2, 0.25) is 5.91 Å². The molecule has 0 spiro atoms. The highest BCUT2D eigenvalue weighted by Gasteiger charge is 2.51. The third kappa shape index (κ3) is 1.54. The van der Waals surface area contributed by atoms with Crippen molar-refractivity contribution in [1.29, 1.82) is 0 Å². The molecule has 1 fully saturated rings. The van der Waals surface area contributed by atoms with Crippen molar-refractivity contribution >= 4 is 5.91 Å². The topological polar surface area (TPSA) is 74.4 Å². The second-order valence-corrected chi connectivity index (χ2v) is 4.27. The molecule has 0 aromatic carbocycles. The highest BCUT2D eigenvalue weighted by atomic mass is 16.7. The highest BCUT2D eigenvalue weighted by Crippen LogP contribution is 2.47. The van der Waals surface area contributed by atoms with Crippen LogP contribution in [0, 0.1) is 0 Å². The van der Waals surface area contributed by atoms with E-state index in [1.807, 2.05) is 12.1 Å². The molecular weight excluding hydrogens is 220 g/mol. The number of nitrogens with two attached hydrogens (primary N) is 1. The number of pyridine rings is 1. The molecule has 0 atom stereocenters. The molecule has 5 heteroatoms. The number of aromatic nitrogens is 1. The van der Waals surface area contributed by atoms with Gasteiger partial charge >= 0.3 is 0 Å². The van der Waals surface area contributed by atoms with Crippen molar-refractivity contribution in [2.75, 3.05) is 0 Å². The van der Waals surface area contributed by atoms with Crippen LogP contribution in [-0.2, 0) is 19.7 Å². The maximum absolute atomic E-state index is 11.4. The summed E-state index contributed by atoms with van der Waals surface area (Å²) in [5, 5.41) is 0. The van der Waals surface area contributed by atoms with Gasteiger partial charge in [0.05, 0.1) is 11.1 Å². The van der Waals surface area contributed by atoms with Gasteiger partial charge < -0.3 is 15.2 Å². The monoisotopic (exact) mass is 232 g/mol. The molecule has 88 valence electrons. The Morgan fingerprint density at radius 2 is 2.06 bits per heavy atom. The van der Waals surface area contributed by atoms with Crippen LogP contribution >= 0.6 is 0 Å². The SMILES string of the molecule is NC(=O)C1(c2cccc(C3OC=CO3)n2)CC1. The van der Waals surface area contributed by atoms with E-state index < -0.39 is 11.7 Å². The first kappa shape index (κ1) is 10.1. The minimum Gasteiger partial charge on any atom is -0.454 e. The zero-order valence-electron chi connectivity index (χ0n) is 9.13. The van der Waals surface area contributed by atoms with Gasteiger partial charge in [-0.05, 0) is 25.0 Å². The number of nitrogens with zero attached hydrogens (tertiary/aromatic N) is 1. The molecule has 2 heterocycles. The molecular formula is C12H12N2O3. The van der Waals surface area contributed by atoms with E-state index in [0.717, 1.165) is 12.8 Å². The normalized spacial score (nSPS) is 20.7. The molecule has 1 aromatic rings. The van der Waals surface area contributed by atoms with E-state index in [1.54, 1.807) is 6.07 Å². The van der Waals surface area contributed by atoms with Gasteiger partial charge in [0.1, 0.15) is 18.2 Å². The van der Waals surface area contributed by atoms with Crippen LogP contribution < -0.4 is 5.73 Å². The summed E-state index contributed by atoms with van der Waals surface area (Å²) >= 11 is 0. The van der Waals surface area contributed by atoms with E-state index in [2.05, 4.69) is 4.98 Å². The zero-order chi connectivity index (χ0) is 11.9. The molecule has 1 amide bonds. The predicted octanol–water partition coefficient (Wildman–Crippen LogP) is 1.12. The first-order valence-electron chi connectivity index (χ1n) is 5.46. The van der Waals surface area contributed by atoms with Crippen LogP contribution in [0.25, 0.3) is 0 Å². The van der Waals surface area contributed by atoms with E-state index >= 15 is 0 Å². The van der Waals surface area contributed by atoms with Gasteiger partial charge in [0.25, 0.3) is 6.29 Å². The van der Waals surface area contributed by atoms with Crippen LogP contribution in [0.1, 0.15) is 30.5 Å². The van der Waals surface area contributed by atoms with Crippen molar-refractivity contribution in [2.24, 2.45) is 5.73 Å². The van der Waals surface area contributed by atoms with Crippen LogP contribution in [-0.4, -0.2) is 10.9 Å². The Kier molecular flexibility index (Phi) is 2.07. The number of carbonyl (C=O) groups excluding carboxylic acids is 1. The summed E-state index contributed by atoms with van der Waals surface area (Å²) in [5.74, 6) is -0.312. The van der Waals surface area contributed by atoms with E-state index in [-0.39, 0.29) is 5.91 Å². The van der Waals surface area contributed by atoms with Gasteiger partial charge in [-0.2, -0.15) is 0 Å². The summed E-state index contributed by atoms with van der Waals surface area (Å²) in [7, 11) is 0. The van der Waals surface area contributed by atoms with Crippen LogP contribution in [0.2, 0.25) is 0 Å². The fourth-order valence-corrected chi connectivity index (χ4v) is 1.98. The van der Waals surface area contributed by atoms with Gasteiger partial charge in [-0.25, -0.2) is 4.98 Å². The van der Waals surface area contributed by atoms with Crippen LogP contribution in [0.15, 0.2) is 30.7 Å². The molecule has 1 aromatic heterocycles. The molecule has 2 aliphatic rings. The number of amides is 1. The molecule has 1 saturated carbocycles. The molecule has 0 unspecified atom stereocenters. The summed E-state index contributed by atoms with van der Waals surface area (Å²) in [6, 6.07) is 5.47. The molecule has 1 aliphatic heterocycles. The van der Waals surface area contributed by atoms with E-state index in [1.165, 1.54) is 12.5 Å². The van der Waals surface area contributed by atoms with Crippen molar-refractivity contribution in [2.45, 2.75) is 24.5 Å². The molecule has 0 saturated heterocycles. The lowest BCUT2D eigenvalue weighted by Crippen LogP contribution is -2.29. The number of hydrogen-bond acceptors (Lipinski definition) is 4. The molecule has 0 radical (unpaired) electrons. The van der Waals surface area contributed by atoms with Gasteiger partial charge in [-0.1, -0.05) is 6.07 Å². The maximum atomic E-state index is 11.4. The fraction of sp³-hybridized carbons (Fsp3) is 0.333. The minimum absolute atomic E-state index is 0.312. The second kappa shape index (κ2) is 3.48. The lowest BCUT2D eigenvalue weighted by atomic mass is 10.0. The van der Waals surface area contributed by atoms with Gasteiger partial charge in [0.15, 0.2) is 0 Å². The standard InChI is InChI=1S/C12H12N2O3/c13-11(15)12(4-5-12)9-3-1-2-8(14-9)10-16-6-7-17-10/h1-3,6-7,10H,4-5H2,(H2,13,15). The largest absolute Gasteiger partial charge is 0.454 e. The van der Waals surface area contributed by atoms with E-state index in [0.29, 0.717) is 11.4 Å². The number of carbonyl (C=O) groups is 1. The molecule has 17 heavy (non-hydrogen) atoms. The molecule has 0 bridgehead atoms. The molecule has 1 aliphatic carbocycles. The number of hydrogen-bond donors (Lipinski definition) is 1. The number of ether oxygens (including phenoxy) is 2. The average Bonchev–Trinajstić information content (AvgIpc) is 2.98. The number of primary amides is 1. The summed E-state index contributed by atoms with van der Waals surface area (Å²) in [6.07, 6.45) is 3.96. The molecule has 5 nitrogen and oxygen atoms in total.